The van der Waals surface area contributed by atoms with Crippen LogP contribution in [0.3, 0.4) is 0 Å². The number of ether oxygens (including phenoxy) is 1. The summed E-state index contributed by atoms with van der Waals surface area (Å²) in [4.78, 5) is 26.7. The highest BCUT2D eigenvalue weighted by Gasteiger charge is 2.36. The number of sulfonamides is 1. The molecule has 2 aromatic rings. The first-order valence-corrected chi connectivity index (χ1v) is 11.3. The quantitative estimate of drug-likeness (QED) is 0.636. The minimum Gasteiger partial charge on any atom is -0.487 e. The second kappa shape index (κ2) is 8.27. The van der Waals surface area contributed by atoms with Crippen LogP contribution < -0.4 is 9.64 Å². The molecule has 0 radical (unpaired) electrons. The molecule has 2 aliphatic heterocycles. The van der Waals surface area contributed by atoms with Crippen LogP contribution in [0.1, 0.15) is 18.4 Å². The van der Waals surface area contributed by atoms with Gasteiger partial charge >= 0.3 is 6.03 Å². The van der Waals surface area contributed by atoms with E-state index in [-0.39, 0.29) is 41.0 Å². The first kappa shape index (κ1) is 21.3. The zero-order valence-corrected chi connectivity index (χ0v) is 17.8. The number of hydrogen-bond acceptors (Lipinski definition) is 5. The molecule has 0 spiro atoms. The molecule has 0 aromatic heterocycles. The lowest BCUT2D eigenvalue weighted by molar-refractivity contribution is -0.123. The van der Waals surface area contributed by atoms with Gasteiger partial charge in [-0.25, -0.2) is 17.6 Å². The summed E-state index contributed by atoms with van der Waals surface area (Å²) in [7, 11) is -2.36. The van der Waals surface area contributed by atoms with E-state index in [1.54, 1.807) is 18.2 Å². The number of hydrogen-bond donors (Lipinski definition) is 0. The second-order valence-electron chi connectivity index (χ2n) is 7.44. The SMILES string of the molecule is CN1C(=O)CN(c2ccc(S(=O)(=O)N3CCCC3)cc2OCc2ccccc2F)C1=O. The van der Waals surface area contributed by atoms with Gasteiger partial charge in [0.2, 0.25) is 15.9 Å². The molecule has 2 aliphatic rings. The Balaban J connectivity index is 1.71. The van der Waals surface area contributed by atoms with Crippen molar-refractivity contribution in [2.75, 3.05) is 31.6 Å². The van der Waals surface area contributed by atoms with Gasteiger partial charge in [0.1, 0.15) is 24.7 Å². The predicted molar refractivity (Wildman–Crippen MR) is 111 cm³/mol. The van der Waals surface area contributed by atoms with E-state index < -0.39 is 21.9 Å². The fraction of sp³-hybridized carbons (Fsp3) is 0.333. The molecule has 2 aromatic carbocycles. The maximum Gasteiger partial charge on any atom is 0.331 e. The monoisotopic (exact) mass is 447 g/mol. The average Bonchev–Trinajstić information content (AvgIpc) is 3.39. The van der Waals surface area contributed by atoms with Crippen LogP contribution in [0.15, 0.2) is 47.4 Å². The van der Waals surface area contributed by atoms with Gasteiger partial charge in [-0.05, 0) is 31.0 Å². The van der Waals surface area contributed by atoms with Crippen molar-refractivity contribution in [2.45, 2.75) is 24.3 Å². The van der Waals surface area contributed by atoms with Crippen LogP contribution in [0, 0.1) is 5.82 Å². The number of urea groups is 1. The largest absolute Gasteiger partial charge is 0.487 e. The molecule has 0 saturated carbocycles. The summed E-state index contributed by atoms with van der Waals surface area (Å²) in [5.74, 6) is -0.768. The Morgan fingerprint density at radius 2 is 1.77 bits per heavy atom. The number of imide groups is 1. The van der Waals surface area contributed by atoms with Crippen molar-refractivity contribution < 1.29 is 27.1 Å². The topological polar surface area (TPSA) is 87.2 Å². The minimum atomic E-state index is -3.73. The van der Waals surface area contributed by atoms with E-state index >= 15 is 0 Å². The first-order valence-electron chi connectivity index (χ1n) is 9.87. The van der Waals surface area contributed by atoms with Gasteiger partial charge in [0.05, 0.1) is 10.6 Å². The van der Waals surface area contributed by atoms with Gasteiger partial charge in [-0.3, -0.25) is 14.6 Å². The molecule has 0 N–H and O–H groups in total. The molecule has 3 amide bonds. The molecule has 31 heavy (non-hydrogen) atoms. The molecule has 0 atom stereocenters. The molecule has 0 aliphatic carbocycles. The smallest absolute Gasteiger partial charge is 0.331 e. The van der Waals surface area contributed by atoms with Crippen LogP contribution in [0.5, 0.6) is 5.75 Å². The zero-order chi connectivity index (χ0) is 22.2. The van der Waals surface area contributed by atoms with Crippen molar-refractivity contribution in [3.63, 3.8) is 0 Å². The summed E-state index contributed by atoms with van der Waals surface area (Å²) in [6.07, 6.45) is 1.59. The number of halogens is 1. The van der Waals surface area contributed by atoms with Crippen LogP contribution in [0.2, 0.25) is 0 Å². The van der Waals surface area contributed by atoms with Crippen LogP contribution in [-0.4, -0.2) is 56.2 Å². The molecule has 2 saturated heterocycles. The number of anilines is 1. The summed E-state index contributed by atoms with van der Waals surface area (Å²) in [5.41, 5.74) is 0.529. The van der Waals surface area contributed by atoms with E-state index in [0.29, 0.717) is 13.1 Å². The summed E-state index contributed by atoms with van der Waals surface area (Å²) in [6.45, 7) is 0.529. The van der Waals surface area contributed by atoms with Gasteiger partial charge in [0, 0.05) is 31.8 Å². The number of benzene rings is 2. The minimum absolute atomic E-state index is 0.0213. The van der Waals surface area contributed by atoms with Gasteiger partial charge in [-0.2, -0.15) is 4.31 Å². The van der Waals surface area contributed by atoms with E-state index in [4.69, 9.17) is 4.74 Å². The molecule has 4 rings (SSSR count). The van der Waals surface area contributed by atoms with Crippen LogP contribution in [-0.2, 0) is 21.4 Å². The number of nitrogens with zero attached hydrogens (tertiary/aromatic N) is 3. The predicted octanol–water partition coefficient (Wildman–Crippen LogP) is 2.59. The number of carbonyl (C=O) groups is 2. The zero-order valence-electron chi connectivity index (χ0n) is 17.0. The van der Waals surface area contributed by atoms with Gasteiger partial charge in [0.25, 0.3) is 0 Å². The highest BCUT2D eigenvalue weighted by atomic mass is 32.2. The third-order valence-corrected chi connectivity index (χ3v) is 7.35. The Labute approximate surface area is 179 Å². The van der Waals surface area contributed by atoms with Crippen molar-refractivity contribution in [1.82, 2.24) is 9.21 Å². The molecule has 0 unspecified atom stereocenters. The van der Waals surface area contributed by atoms with Crippen molar-refractivity contribution in [2.24, 2.45) is 0 Å². The molecule has 2 fully saturated rings. The average molecular weight is 447 g/mol. The molecule has 8 nitrogen and oxygen atoms in total. The molecule has 2 heterocycles. The van der Waals surface area contributed by atoms with Gasteiger partial charge < -0.3 is 4.74 Å². The highest BCUT2D eigenvalue weighted by molar-refractivity contribution is 7.89. The fourth-order valence-electron chi connectivity index (χ4n) is 3.63. The summed E-state index contributed by atoms with van der Waals surface area (Å²) in [6, 6.07) is 9.70. The maximum absolute atomic E-state index is 14.0. The van der Waals surface area contributed by atoms with Gasteiger partial charge in [-0.15, -0.1) is 0 Å². The van der Waals surface area contributed by atoms with E-state index in [2.05, 4.69) is 0 Å². The fourth-order valence-corrected chi connectivity index (χ4v) is 5.16. The number of amides is 3. The molecule has 10 heteroatoms. The maximum atomic E-state index is 14.0. The van der Waals surface area contributed by atoms with Crippen molar-refractivity contribution in [3.05, 3.63) is 53.8 Å². The Kier molecular flexibility index (Phi) is 5.67. The number of carbonyl (C=O) groups excluding carboxylic acids is 2. The van der Waals surface area contributed by atoms with Gasteiger partial charge in [-0.1, -0.05) is 18.2 Å². The molecule has 164 valence electrons. The standard InChI is InChI=1S/C21H22FN3O5S/c1-23-20(26)13-25(21(23)27)18-9-8-16(31(28,29)24-10-4-5-11-24)12-19(18)30-14-15-6-2-3-7-17(15)22/h2-3,6-9,12H,4-5,10-11,13-14H2,1H3. The van der Waals surface area contributed by atoms with E-state index in [1.807, 2.05) is 0 Å². The Morgan fingerprint density at radius 1 is 1.06 bits per heavy atom. The third kappa shape index (κ3) is 4.00. The Morgan fingerprint density at radius 3 is 2.42 bits per heavy atom. The van der Waals surface area contributed by atoms with Crippen molar-refractivity contribution >= 4 is 27.6 Å². The lowest BCUT2D eigenvalue weighted by Gasteiger charge is -2.21. The van der Waals surface area contributed by atoms with Crippen molar-refractivity contribution in [1.29, 1.82) is 0 Å². The normalized spacial score (nSPS) is 17.6. The Bertz CT molecular complexity index is 1130. The molecule has 0 bridgehead atoms. The second-order valence-corrected chi connectivity index (χ2v) is 9.38. The van der Waals surface area contributed by atoms with Gasteiger partial charge in [0.15, 0.2) is 0 Å². The number of rotatable bonds is 6. The first-order chi connectivity index (χ1) is 14.8. The highest BCUT2D eigenvalue weighted by Crippen LogP contribution is 2.35. The summed E-state index contributed by atoms with van der Waals surface area (Å²) in [5, 5.41) is 0. The van der Waals surface area contributed by atoms with E-state index in [1.165, 1.54) is 40.5 Å². The molecular weight excluding hydrogens is 425 g/mol. The Hall–Kier alpha value is -2.98. The molecular formula is C21H22FN3O5S. The summed E-state index contributed by atoms with van der Waals surface area (Å²) < 4.78 is 47.2. The third-order valence-electron chi connectivity index (χ3n) is 5.45. The summed E-state index contributed by atoms with van der Waals surface area (Å²) >= 11 is 0. The lowest BCUT2D eigenvalue weighted by atomic mass is 10.2. The van der Waals surface area contributed by atoms with Crippen LogP contribution >= 0.6 is 0 Å². The van der Waals surface area contributed by atoms with E-state index in [9.17, 15) is 22.4 Å². The number of likely N-dealkylation sites (N-methyl/N-ethyl adjacent to an activating group) is 1. The van der Waals surface area contributed by atoms with Crippen molar-refractivity contribution in [3.8, 4) is 5.75 Å². The van der Waals surface area contributed by atoms with Crippen LogP contribution in [0.25, 0.3) is 0 Å². The van der Waals surface area contributed by atoms with Crippen LogP contribution in [0.4, 0.5) is 14.9 Å². The lowest BCUT2D eigenvalue weighted by Crippen LogP contribution is -2.30. The van der Waals surface area contributed by atoms with E-state index in [0.717, 1.165) is 17.7 Å².